The van der Waals surface area contributed by atoms with Gasteiger partial charge in [-0.15, -0.1) is 0 Å². The van der Waals surface area contributed by atoms with E-state index in [1.165, 1.54) is 16.6 Å². The number of sulfonamides is 1. The lowest BCUT2D eigenvalue weighted by Gasteiger charge is -2.30. The van der Waals surface area contributed by atoms with Gasteiger partial charge >= 0.3 is 6.03 Å². The monoisotopic (exact) mass is 428 g/mol. The van der Waals surface area contributed by atoms with Gasteiger partial charge in [0.05, 0.1) is 10.3 Å². The molecule has 1 fully saturated rings. The minimum absolute atomic E-state index is 0.0237. The average molecular weight is 429 g/mol. The molecule has 1 aliphatic carbocycles. The molecule has 156 valence electrons. The van der Waals surface area contributed by atoms with Crippen molar-refractivity contribution in [3.63, 3.8) is 0 Å². The van der Waals surface area contributed by atoms with Gasteiger partial charge in [0.2, 0.25) is 15.9 Å². The van der Waals surface area contributed by atoms with Crippen molar-refractivity contribution in [3.8, 4) is 0 Å². The van der Waals surface area contributed by atoms with Crippen molar-refractivity contribution in [1.82, 2.24) is 14.6 Å². The summed E-state index contributed by atoms with van der Waals surface area (Å²) in [6, 6.07) is 2.21. The van der Waals surface area contributed by atoms with Crippen LogP contribution in [0.15, 0.2) is 28.3 Å². The zero-order chi connectivity index (χ0) is 20.9. The topological polar surface area (TPSA) is 122 Å². The van der Waals surface area contributed by atoms with Gasteiger partial charge in [0.25, 0.3) is 0 Å². The van der Waals surface area contributed by atoms with Gasteiger partial charge in [0, 0.05) is 19.3 Å². The molecule has 1 aromatic heterocycles. The van der Waals surface area contributed by atoms with E-state index in [0.29, 0.717) is 5.03 Å². The first-order valence-electron chi connectivity index (χ1n) is 9.34. The molecule has 1 atom stereocenters. The van der Waals surface area contributed by atoms with E-state index in [1.807, 2.05) is 13.8 Å². The normalized spacial score (nSPS) is 16.9. The Morgan fingerprint density at radius 3 is 2.39 bits per heavy atom. The van der Waals surface area contributed by atoms with Gasteiger partial charge in [0.1, 0.15) is 4.90 Å². The summed E-state index contributed by atoms with van der Waals surface area (Å²) in [5.74, 6) is -0.574. The molecule has 1 aromatic rings. The molecule has 1 heterocycles. The Morgan fingerprint density at radius 1 is 1.25 bits per heavy atom. The highest BCUT2D eigenvalue weighted by Gasteiger charge is 2.30. The van der Waals surface area contributed by atoms with Crippen molar-refractivity contribution < 1.29 is 18.0 Å². The van der Waals surface area contributed by atoms with Gasteiger partial charge in [-0.2, -0.15) is 4.31 Å². The Balaban J connectivity index is 2.12. The second kappa shape index (κ2) is 9.71. The molecule has 2 rings (SSSR count). The average Bonchev–Trinajstić information content (AvgIpc) is 2.65. The van der Waals surface area contributed by atoms with Crippen LogP contribution in [-0.4, -0.2) is 48.0 Å². The number of pyridine rings is 1. The van der Waals surface area contributed by atoms with E-state index < -0.39 is 27.2 Å². The quantitative estimate of drug-likeness (QED) is 0.643. The molecular formula is C18H28N4O4S2. The number of aromatic nitrogens is 1. The second-order valence-electron chi connectivity index (χ2n) is 7.28. The van der Waals surface area contributed by atoms with Crippen molar-refractivity contribution in [3.05, 3.63) is 18.3 Å². The standard InChI is InChI=1S/C18H28N4O4S2/c1-12(2)16(17(23)21-18(19)24)27-15-10-9-14(11-20-15)28(25,26)22(3)13-7-5-4-6-8-13/h9-13,16H,4-8H2,1-3H3,(H3,19,21,23,24)/t16-/m1/s1. The van der Waals surface area contributed by atoms with Gasteiger partial charge in [-0.3, -0.25) is 10.1 Å². The third kappa shape index (κ3) is 5.68. The highest BCUT2D eigenvalue weighted by molar-refractivity contribution is 8.00. The Morgan fingerprint density at radius 2 is 1.89 bits per heavy atom. The van der Waals surface area contributed by atoms with Crippen molar-refractivity contribution in [1.29, 1.82) is 0 Å². The lowest BCUT2D eigenvalue weighted by molar-refractivity contribution is -0.120. The first-order valence-corrected chi connectivity index (χ1v) is 11.7. The lowest BCUT2D eigenvalue weighted by atomic mass is 9.96. The molecule has 1 aliphatic rings. The van der Waals surface area contributed by atoms with Crippen LogP contribution in [0.1, 0.15) is 46.0 Å². The number of carbonyl (C=O) groups is 2. The van der Waals surface area contributed by atoms with E-state index in [0.717, 1.165) is 43.9 Å². The lowest BCUT2D eigenvalue weighted by Crippen LogP contribution is -2.42. The van der Waals surface area contributed by atoms with E-state index in [-0.39, 0.29) is 16.9 Å². The van der Waals surface area contributed by atoms with Crippen LogP contribution in [0.25, 0.3) is 0 Å². The molecule has 8 nitrogen and oxygen atoms in total. The molecule has 0 saturated heterocycles. The molecule has 0 bridgehead atoms. The fourth-order valence-corrected chi connectivity index (χ4v) is 5.53. The maximum atomic E-state index is 12.9. The van der Waals surface area contributed by atoms with Crippen LogP contribution in [-0.2, 0) is 14.8 Å². The zero-order valence-electron chi connectivity index (χ0n) is 16.4. The van der Waals surface area contributed by atoms with E-state index in [1.54, 1.807) is 13.1 Å². The van der Waals surface area contributed by atoms with E-state index in [2.05, 4.69) is 10.3 Å². The number of nitrogens with two attached hydrogens (primary N) is 1. The highest BCUT2D eigenvalue weighted by atomic mass is 32.2. The Bertz CT molecular complexity index is 790. The summed E-state index contributed by atoms with van der Waals surface area (Å²) >= 11 is 1.16. The predicted molar refractivity (Wildman–Crippen MR) is 108 cm³/mol. The zero-order valence-corrected chi connectivity index (χ0v) is 18.1. The van der Waals surface area contributed by atoms with Gasteiger partial charge in [-0.25, -0.2) is 18.2 Å². The Kier molecular flexibility index (Phi) is 7.85. The Labute approximate surface area is 170 Å². The van der Waals surface area contributed by atoms with Crippen molar-refractivity contribution >= 4 is 33.7 Å². The fraction of sp³-hybridized carbons (Fsp3) is 0.611. The van der Waals surface area contributed by atoms with Crippen molar-refractivity contribution in [2.75, 3.05) is 7.05 Å². The van der Waals surface area contributed by atoms with Gasteiger partial charge in [0.15, 0.2) is 0 Å². The summed E-state index contributed by atoms with van der Waals surface area (Å²) < 4.78 is 27.2. The molecule has 28 heavy (non-hydrogen) atoms. The van der Waals surface area contributed by atoms with Crippen LogP contribution in [0, 0.1) is 5.92 Å². The molecule has 3 N–H and O–H groups in total. The number of thioether (sulfide) groups is 1. The molecule has 0 spiro atoms. The summed E-state index contributed by atoms with van der Waals surface area (Å²) in [5.41, 5.74) is 5.02. The van der Waals surface area contributed by atoms with Gasteiger partial charge < -0.3 is 5.73 Å². The number of nitrogens with zero attached hydrogens (tertiary/aromatic N) is 2. The highest BCUT2D eigenvalue weighted by Crippen LogP contribution is 2.29. The molecule has 0 unspecified atom stereocenters. The number of carbonyl (C=O) groups excluding carboxylic acids is 2. The van der Waals surface area contributed by atoms with Gasteiger partial charge in [-0.1, -0.05) is 44.9 Å². The number of nitrogens with one attached hydrogen (secondary N) is 1. The maximum absolute atomic E-state index is 12.9. The summed E-state index contributed by atoms with van der Waals surface area (Å²) in [4.78, 5) is 27.4. The number of imide groups is 1. The fourth-order valence-electron chi connectivity index (χ4n) is 3.21. The molecule has 1 saturated carbocycles. The molecule has 0 aliphatic heterocycles. The summed E-state index contributed by atoms with van der Waals surface area (Å²) in [5, 5.41) is 2.00. The van der Waals surface area contributed by atoms with Crippen LogP contribution in [0.2, 0.25) is 0 Å². The van der Waals surface area contributed by atoms with Crippen molar-refractivity contribution in [2.45, 2.75) is 67.2 Å². The Hall–Kier alpha value is -1.65. The van der Waals surface area contributed by atoms with Gasteiger partial charge in [-0.05, 0) is 30.9 Å². The second-order valence-corrected chi connectivity index (χ2v) is 10.4. The number of amides is 3. The third-order valence-electron chi connectivity index (χ3n) is 4.83. The molecule has 0 radical (unpaired) electrons. The SMILES string of the molecule is CC(C)[C@@H](Sc1ccc(S(=O)(=O)N(C)C2CCCCC2)cn1)C(=O)NC(N)=O. The minimum atomic E-state index is -3.61. The minimum Gasteiger partial charge on any atom is -0.351 e. The molecule has 10 heteroatoms. The summed E-state index contributed by atoms with van der Waals surface area (Å²) in [6.45, 7) is 3.69. The molecular weight excluding hydrogens is 400 g/mol. The van der Waals surface area contributed by atoms with E-state index in [9.17, 15) is 18.0 Å². The largest absolute Gasteiger partial charge is 0.351 e. The number of hydrogen-bond donors (Lipinski definition) is 2. The number of urea groups is 1. The number of primary amides is 1. The third-order valence-corrected chi connectivity index (χ3v) is 8.22. The van der Waals surface area contributed by atoms with E-state index >= 15 is 0 Å². The number of hydrogen-bond acceptors (Lipinski definition) is 6. The summed E-state index contributed by atoms with van der Waals surface area (Å²) in [6.07, 6.45) is 6.31. The first-order chi connectivity index (χ1) is 13.1. The smallest absolute Gasteiger partial charge is 0.318 e. The first kappa shape index (κ1) is 22.6. The van der Waals surface area contributed by atoms with Crippen LogP contribution < -0.4 is 11.1 Å². The predicted octanol–water partition coefficient (Wildman–Crippen LogP) is 2.35. The number of rotatable bonds is 7. The maximum Gasteiger partial charge on any atom is 0.318 e. The van der Waals surface area contributed by atoms with Crippen LogP contribution in [0.3, 0.4) is 0 Å². The molecule has 0 aromatic carbocycles. The summed E-state index contributed by atoms with van der Waals surface area (Å²) in [7, 11) is -1.99. The van der Waals surface area contributed by atoms with Crippen LogP contribution in [0.5, 0.6) is 0 Å². The van der Waals surface area contributed by atoms with Crippen LogP contribution >= 0.6 is 11.8 Å². The van der Waals surface area contributed by atoms with E-state index in [4.69, 9.17) is 5.73 Å². The molecule has 3 amide bonds. The van der Waals surface area contributed by atoms with Crippen LogP contribution in [0.4, 0.5) is 4.79 Å². The van der Waals surface area contributed by atoms with Crippen molar-refractivity contribution in [2.24, 2.45) is 11.7 Å².